The first-order valence-electron chi connectivity index (χ1n) is 15.0. The fourth-order valence-corrected chi connectivity index (χ4v) is 4.79. The summed E-state index contributed by atoms with van der Waals surface area (Å²) in [5.74, 6) is 1.51. The molecule has 2 N–H and O–H groups in total. The van der Waals surface area contributed by atoms with Crippen LogP contribution in [-0.2, 0) is 11.2 Å². The molecule has 0 aromatic heterocycles. The number of para-hydroxylation sites is 3. The SMILES string of the molecule is CC(Cc1ccc(OCCCN(C(=O)Nc2ccc(Oc3ccccc3)cc2)c2ccccc2)cc1)(Oc1ccccc1)C(=O)O. The number of ether oxygens (including phenoxy) is 3. The lowest BCUT2D eigenvalue weighted by atomic mass is 9.96. The van der Waals surface area contributed by atoms with Gasteiger partial charge in [-0.1, -0.05) is 66.7 Å². The van der Waals surface area contributed by atoms with Gasteiger partial charge in [0.1, 0.15) is 23.0 Å². The minimum Gasteiger partial charge on any atom is -0.494 e. The van der Waals surface area contributed by atoms with Gasteiger partial charge in [0.05, 0.1) is 6.61 Å². The maximum atomic E-state index is 13.4. The maximum absolute atomic E-state index is 13.4. The van der Waals surface area contributed by atoms with Gasteiger partial charge in [-0.15, -0.1) is 0 Å². The number of hydrogen-bond donors (Lipinski definition) is 2. The largest absolute Gasteiger partial charge is 0.494 e. The molecule has 1 atom stereocenters. The van der Waals surface area contributed by atoms with E-state index in [1.54, 1.807) is 48.2 Å². The summed E-state index contributed by atoms with van der Waals surface area (Å²) in [6.07, 6.45) is 0.761. The molecule has 234 valence electrons. The van der Waals surface area contributed by atoms with Crippen molar-refractivity contribution in [2.75, 3.05) is 23.4 Å². The number of amides is 2. The van der Waals surface area contributed by atoms with E-state index in [1.165, 1.54) is 0 Å². The van der Waals surface area contributed by atoms with Gasteiger partial charge in [0.2, 0.25) is 5.60 Å². The summed E-state index contributed by atoms with van der Waals surface area (Å²) >= 11 is 0. The predicted octanol–water partition coefficient (Wildman–Crippen LogP) is 8.45. The first kappa shape index (κ1) is 31.7. The third-order valence-corrected chi connectivity index (χ3v) is 7.20. The highest BCUT2D eigenvalue weighted by atomic mass is 16.5. The molecule has 1 unspecified atom stereocenters. The standard InChI is InChI=1S/C38H36N2O6/c1-38(36(41)42,46-35-16-9-4-10-17-35)28-29-18-22-32(23-19-29)44-27-11-26-40(31-12-5-2-6-13-31)37(43)39-30-20-24-34(25-21-30)45-33-14-7-3-8-15-33/h2-10,12-25H,11,26-28H2,1H3,(H,39,43)(H,41,42). The second-order valence-corrected chi connectivity index (χ2v) is 10.8. The Balaban J connectivity index is 1.14. The number of urea groups is 1. The highest BCUT2D eigenvalue weighted by Gasteiger charge is 2.36. The van der Waals surface area contributed by atoms with Gasteiger partial charge in [-0.05, 0) is 91.7 Å². The number of nitrogens with one attached hydrogen (secondary N) is 1. The number of rotatable bonds is 14. The molecule has 46 heavy (non-hydrogen) atoms. The molecular weight excluding hydrogens is 580 g/mol. The number of nitrogens with zero attached hydrogens (tertiary/aromatic N) is 1. The molecule has 0 saturated carbocycles. The van der Waals surface area contributed by atoms with Crippen LogP contribution in [0.5, 0.6) is 23.0 Å². The van der Waals surface area contributed by atoms with E-state index in [1.807, 2.05) is 103 Å². The van der Waals surface area contributed by atoms with Gasteiger partial charge in [-0.2, -0.15) is 0 Å². The van der Waals surface area contributed by atoms with Gasteiger partial charge in [0.25, 0.3) is 0 Å². The molecule has 0 spiro atoms. The predicted molar refractivity (Wildman–Crippen MR) is 179 cm³/mol. The van der Waals surface area contributed by atoms with E-state index in [4.69, 9.17) is 14.2 Å². The Morgan fingerprint density at radius 2 is 1.24 bits per heavy atom. The number of carbonyl (C=O) groups is 2. The lowest BCUT2D eigenvalue weighted by Gasteiger charge is -2.26. The molecular formula is C38H36N2O6. The molecule has 0 radical (unpaired) electrons. The zero-order valence-electron chi connectivity index (χ0n) is 25.5. The summed E-state index contributed by atoms with van der Waals surface area (Å²) in [4.78, 5) is 27.1. The van der Waals surface area contributed by atoms with E-state index in [0.29, 0.717) is 42.5 Å². The Morgan fingerprint density at radius 3 is 1.85 bits per heavy atom. The quantitative estimate of drug-likeness (QED) is 0.122. The van der Waals surface area contributed by atoms with Crippen LogP contribution in [0.25, 0.3) is 0 Å². The molecule has 0 fully saturated rings. The zero-order chi connectivity index (χ0) is 32.2. The number of hydrogen-bond acceptors (Lipinski definition) is 5. The van der Waals surface area contributed by atoms with E-state index in [-0.39, 0.29) is 12.5 Å². The Labute approximate surface area is 268 Å². The van der Waals surface area contributed by atoms with Gasteiger partial charge in [0.15, 0.2) is 0 Å². The van der Waals surface area contributed by atoms with Gasteiger partial charge in [-0.25, -0.2) is 9.59 Å². The molecule has 0 aliphatic heterocycles. The molecule has 5 rings (SSSR count). The summed E-state index contributed by atoms with van der Waals surface area (Å²) in [5, 5.41) is 12.9. The molecule has 5 aromatic rings. The third kappa shape index (κ3) is 8.89. The molecule has 0 saturated heterocycles. The first-order chi connectivity index (χ1) is 22.4. The molecule has 0 aliphatic carbocycles. The second kappa shape index (κ2) is 15.3. The van der Waals surface area contributed by atoms with Crippen molar-refractivity contribution >= 4 is 23.4 Å². The summed E-state index contributed by atoms with van der Waals surface area (Å²) in [6, 6.07) is 42.2. The highest BCUT2D eigenvalue weighted by molar-refractivity contribution is 6.01. The van der Waals surface area contributed by atoms with Gasteiger partial charge >= 0.3 is 12.0 Å². The normalized spacial score (nSPS) is 11.9. The van der Waals surface area contributed by atoms with E-state index in [9.17, 15) is 14.7 Å². The Morgan fingerprint density at radius 1 is 0.696 bits per heavy atom. The fourth-order valence-electron chi connectivity index (χ4n) is 4.79. The minimum atomic E-state index is -1.43. The Kier molecular flexibility index (Phi) is 10.5. The fraction of sp³-hybridized carbons (Fsp3) is 0.158. The Bertz CT molecular complexity index is 1680. The number of carboxylic acids is 1. The smallest absolute Gasteiger partial charge is 0.348 e. The number of benzene rings is 5. The summed E-state index contributed by atoms with van der Waals surface area (Å²) in [7, 11) is 0. The minimum absolute atomic E-state index is 0.182. The van der Waals surface area contributed by atoms with Crippen LogP contribution in [0.15, 0.2) is 140 Å². The van der Waals surface area contributed by atoms with Crippen molar-refractivity contribution in [1.29, 1.82) is 0 Å². The van der Waals surface area contributed by atoms with Crippen molar-refractivity contribution in [2.45, 2.75) is 25.4 Å². The first-order valence-corrected chi connectivity index (χ1v) is 15.0. The van der Waals surface area contributed by atoms with E-state index in [0.717, 1.165) is 17.0 Å². The van der Waals surface area contributed by atoms with Gasteiger partial charge < -0.3 is 24.6 Å². The number of aliphatic carboxylic acids is 1. The van der Waals surface area contributed by atoms with Gasteiger partial charge in [-0.3, -0.25) is 4.90 Å². The van der Waals surface area contributed by atoms with Crippen LogP contribution >= 0.6 is 0 Å². The average molecular weight is 617 g/mol. The Hall–Kier alpha value is -5.76. The van der Waals surface area contributed by atoms with Crippen LogP contribution in [0.2, 0.25) is 0 Å². The van der Waals surface area contributed by atoms with Crippen molar-refractivity contribution in [3.8, 4) is 23.0 Å². The van der Waals surface area contributed by atoms with Crippen molar-refractivity contribution in [3.63, 3.8) is 0 Å². The van der Waals surface area contributed by atoms with Crippen LogP contribution in [0.1, 0.15) is 18.9 Å². The average Bonchev–Trinajstić information content (AvgIpc) is 3.07. The van der Waals surface area contributed by atoms with Crippen molar-refractivity contribution in [3.05, 3.63) is 145 Å². The van der Waals surface area contributed by atoms with Crippen LogP contribution in [0.4, 0.5) is 16.2 Å². The lowest BCUT2D eigenvalue weighted by Crippen LogP contribution is -2.43. The molecule has 0 aliphatic rings. The molecule has 5 aromatic carbocycles. The molecule has 8 nitrogen and oxygen atoms in total. The van der Waals surface area contributed by atoms with Crippen molar-refractivity contribution < 1.29 is 28.9 Å². The summed E-state index contributed by atoms with van der Waals surface area (Å²) in [5.41, 5.74) is 0.798. The van der Waals surface area contributed by atoms with Crippen LogP contribution in [0.3, 0.4) is 0 Å². The molecule has 0 heterocycles. The monoisotopic (exact) mass is 616 g/mol. The topological polar surface area (TPSA) is 97.3 Å². The highest BCUT2D eigenvalue weighted by Crippen LogP contribution is 2.25. The van der Waals surface area contributed by atoms with Crippen molar-refractivity contribution in [1.82, 2.24) is 0 Å². The number of carbonyl (C=O) groups excluding carboxylic acids is 1. The molecule has 0 bridgehead atoms. The third-order valence-electron chi connectivity index (χ3n) is 7.20. The van der Waals surface area contributed by atoms with Gasteiger partial charge in [0, 0.05) is 24.3 Å². The maximum Gasteiger partial charge on any atom is 0.348 e. The van der Waals surface area contributed by atoms with E-state index < -0.39 is 11.6 Å². The second-order valence-electron chi connectivity index (χ2n) is 10.8. The molecule has 8 heteroatoms. The van der Waals surface area contributed by atoms with E-state index >= 15 is 0 Å². The lowest BCUT2D eigenvalue weighted by molar-refractivity contribution is -0.153. The van der Waals surface area contributed by atoms with Crippen LogP contribution < -0.4 is 24.4 Å². The summed E-state index contributed by atoms with van der Waals surface area (Å²) in [6.45, 7) is 2.37. The number of carboxylic acid groups (broad SMARTS) is 1. The summed E-state index contributed by atoms with van der Waals surface area (Å²) < 4.78 is 17.7. The zero-order valence-corrected chi connectivity index (χ0v) is 25.5. The van der Waals surface area contributed by atoms with Crippen molar-refractivity contribution in [2.24, 2.45) is 0 Å². The van der Waals surface area contributed by atoms with Crippen LogP contribution in [-0.4, -0.2) is 35.9 Å². The molecule has 2 amide bonds. The number of anilines is 2. The van der Waals surface area contributed by atoms with E-state index in [2.05, 4.69) is 5.32 Å². The van der Waals surface area contributed by atoms with Crippen LogP contribution in [0, 0.1) is 0 Å².